The monoisotopic (exact) mass is 291 g/mol. The van der Waals surface area contributed by atoms with Gasteiger partial charge in [-0.15, -0.1) is 0 Å². The van der Waals surface area contributed by atoms with E-state index >= 15 is 0 Å². The fourth-order valence-corrected chi connectivity index (χ4v) is 2.48. The molecule has 1 heterocycles. The first-order valence-corrected chi connectivity index (χ1v) is 7.70. The molecule has 4 heteroatoms. The Labute approximate surface area is 126 Å². The van der Waals surface area contributed by atoms with E-state index < -0.39 is 0 Å². The van der Waals surface area contributed by atoms with Crippen LogP contribution in [0.15, 0.2) is 30.3 Å². The zero-order valence-electron chi connectivity index (χ0n) is 12.9. The number of nitrogens with one attached hydrogen (secondary N) is 1. The van der Waals surface area contributed by atoms with E-state index in [1.807, 2.05) is 37.3 Å². The van der Waals surface area contributed by atoms with Gasteiger partial charge in [0.15, 0.2) is 0 Å². The van der Waals surface area contributed by atoms with Gasteiger partial charge in [-0.25, -0.2) is 0 Å². The topological polar surface area (TPSA) is 47.6 Å². The minimum absolute atomic E-state index is 0.133. The highest BCUT2D eigenvalue weighted by molar-refractivity contribution is 5.72. The highest BCUT2D eigenvalue weighted by Crippen LogP contribution is 2.13. The quantitative estimate of drug-likeness (QED) is 0.818. The van der Waals surface area contributed by atoms with Crippen molar-refractivity contribution in [2.24, 2.45) is 5.92 Å². The Kier molecular flexibility index (Phi) is 6.21. The molecular weight excluding hydrogens is 266 g/mol. The predicted molar refractivity (Wildman–Crippen MR) is 81.8 cm³/mol. The second kappa shape index (κ2) is 8.15. The van der Waals surface area contributed by atoms with Gasteiger partial charge in [0.05, 0.1) is 12.0 Å². The fourth-order valence-electron chi connectivity index (χ4n) is 2.48. The lowest BCUT2D eigenvalue weighted by molar-refractivity contribution is -0.149. The summed E-state index contributed by atoms with van der Waals surface area (Å²) in [5.41, 5.74) is 1.02. The number of carbonyl (C=O) groups excluding carboxylic acids is 1. The van der Waals surface area contributed by atoms with Gasteiger partial charge in [0.25, 0.3) is 0 Å². The van der Waals surface area contributed by atoms with Gasteiger partial charge < -0.3 is 14.8 Å². The first kappa shape index (κ1) is 16.0. The number of rotatable bonds is 6. The van der Waals surface area contributed by atoms with Crippen LogP contribution < -0.4 is 5.32 Å². The van der Waals surface area contributed by atoms with Gasteiger partial charge in [0.2, 0.25) is 0 Å². The van der Waals surface area contributed by atoms with Crippen LogP contribution in [0.1, 0.15) is 32.3 Å². The molecule has 2 rings (SSSR count). The predicted octanol–water partition coefficient (Wildman–Crippen LogP) is 2.52. The molecule has 3 unspecified atom stereocenters. The molecule has 1 aliphatic rings. The van der Waals surface area contributed by atoms with Crippen molar-refractivity contribution in [3.05, 3.63) is 35.9 Å². The van der Waals surface area contributed by atoms with Gasteiger partial charge in [-0.2, -0.15) is 0 Å². The third-order valence-electron chi connectivity index (χ3n) is 3.82. The van der Waals surface area contributed by atoms with Crippen molar-refractivity contribution in [1.82, 2.24) is 5.32 Å². The van der Waals surface area contributed by atoms with Crippen LogP contribution in [0, 0.1) is 5.92 Å². The van der Waals surface area contributed by atoms with E-state index in [0.29, 0.717) is 25.3 Å². The second-order valence-corrected chi connectivity index (χ2v) is 5.81. The van der Waals surface area contributed by atoms with Gasteiger partial charge in [-0.3, -0.25) is 4.79 Å². The van der Waals surface area contributed by atoms with E-state index in [0.717, 1.165) is 25.0 Å². The van der Waals surface area contributed by atoms with Crippen molar-refractivity contribution >= 4 is 5.97 Å². The number of esters is 1. The molecular formula is C17H25NO3. The van der Waals surface area contributed by atoms with Crippen LogP contribution in [-0.2, 0) is 20.9 Å². The van der Waals surface area contributed by atoms with E-state index in [1.54, 1.807) is 0 Å². The molecule has 0 saturated carbocycles. The Morgan fingerprint density at radius 2 is 2.19 bits per heavy atom. The molecule has 0 aromatic heterocycles. The molecule has 0 amide bonds. The summed E-state index contributed by atoms with van der Waals surface area (Å²) in [6.07, 6.45) is 2.32. The van der Waals surface area contributed by atoms with Crippen molar-refractivity contribution in [2.75, 3.05) is 13.2 Å². The third kappa shape index (κ3) is 5.48. The molecule has 0 bridgehead atoms. The summed E-state index contributed by atoms with van der Waals surface area (Å²) in [6, 6.07) is 10.2. The largest absolute Gasteiger partial charge is 0.461 e. The highest BCUT2D eigenvalue weighted by atomic mass is 16.5. The molecule has 1 aliphatic heterocycles. The summed E-state index contributed by atoms with van der Waals surface area (Å²) < 4.78 is 10.9. The Bertz CT molecular complexity index is 435. The molecule has 1 N–H and O–H groups in total. The third-order valence-corrected chi connectivity index (χ3v) is 3.82. The van der Waals surface area contributed by atoms with Crippen molar-refractivity contribution in [3.63, 3.8) is 0 Å². The minimum atomic E-state index is -0.147. The summed E-state index contributed by atoms with van der Waals surface area (Å²) in [7, 11) is 0. The molecule has 1 saturated heterocycles. The van der Waals surface area contributed by atoms with E-state index in [-0.39, 0.29) is 11.9 Å². The standard InChI is InChI=1S/C17H25NO3/c1-13(11-18-16-8-9-20-14(2)10-16)17(19)21-12-15-6-4-3-5-7-15/h3-7,13-14,16,18H,8-12H2,1-2H3. The maximum atomic E-state index is 12.0. The van der Waals surface area contributed by atoms with Gasteiger partial charge >= 0.3 is 5.97 Å². The highest BCUT2D eigenvalue weighted by Gasteiger charge is 2.21. The smallest absolute Gasteiger partial charge is 0.310 e. The normalized spacial score (nSPS) is 23.5. The van der Waals surface area contributed by atoms with E-state index in [4.69, 9.17) is 9.47 Å². The van der Waals surface area contributed by atoms with Crippen LogP contribution in [0.4, 0.5) is 0 Å². The molecule has 116 valence electrons. The molecule has 4 nitrogen and oxygen atoms in total. The van der Waals surface area contributed by atoms with Crippen LogP contribution >= 0.6 is 0 Å². The van der Waals surface area contributed by atoms with E-state index in [9.17, 15) is 4.79 Å². The van der Waals surface area contributed by atoms with Crippen LogP contribution in [-0.4, -0.2) is 31.3 Å². The maximum absolute atomic E-state index is 12.0. The Hall–Kier alpha value is -1.39. The zero-order chi connectivity index (χ0) is 15.1. The number of hydrogen-bond acceptors (Lipinski definition) is 4. The summed E-state index contributed by atoms with van der Waals surface area (Å²) in [5, 5.41) is 3.45. The van der Waals surface area contributed by atoms with Crippen LogP contribution in [0.3, 0.4) is 0 Å². The first-order valence-electron chi connectivity index (χ1n) is 7.70. The maximum Gasteiger partial charge on any atom is 0.310 e. The molecule has 0 aliphatic carbocycles. The van der Waals surface area contributed by atoms with Crippen LogP contribution in [0.5, 0.6) is 0 Å². The number of ether oxygens (including phenoxy) is 2. The van der Waals surface area contributed by atoms with Gasteiger partial charge in [0, 0.05) is 19.2 Å². The van der Waals surface area contributed by atoms with Crippen molar-refractivity contribution in [1.29, 1.82) is 0 Å². The van der Waals surface area contributed by atoms with Gasteiger partial charge in [-0.05, 0) is 25.3 Å². The fraction of sp³-hybridized carbons (Fsp3) is 0.588. The number of hydrogen-bond donors (Lipinski definition) is 1. The Morgan fingerprint density at radius 3 is 2.90 bits per heavy atom. The average Bonchev–Trinajstić information content (AvgIpc) is 2.51. The second-order valence-electron chi connectivity index (χ2n) is 5.81. The Balaban J connectivity index is 1.67. The van der Waals surface area contributed by atoms with Crippen LogP contribution in [0.2, 0.25) is 0 Å². The van der Waals surface area contributed by atoms with Gasteiger partial charge in [-0.1, -0.05) is 37.3 Å². The molecule has 0 spiro atoms. The number of benzene rings is 1. The molecule has 21 heavy (non-hydrogen) atoms. The van der Waals surface area contributed by atoms with Crippen molar-refractivity contribution < 1.29 is 14.3 Å². The van der Waals surface area contributed by atoms with Crippen LogP contribution in [0.25, 0.3) is 0 Å². The van der Waals surface area contributed by atoms with Crippen molar-refractivity contribution in [2.45, 2.75) is 45.4 Å². The van der Waals surface area contributed by atoms with Gasteiger partial charge in [0.1, 0.15) is 6.61 Å². The molecule has 1 aromatic carbocycles. The SMILES string of the molecule is CC1CC(NCC(C)C(=O)OCc2ccccc2)CCO1. The lowest BCUT2D eigenvalue weighted by atomic mass is 10.0. The Morgan fingerprint density at radius 1 is 1.43 bits per heavy atom. The average molecular weight is 291 g/mol. The molecule has 1 aromatic rings. The first-order chi connectivity index (χ1) is 10.1. The summed E-state index contributed by atoms with van der Waals surface area (Å²) >= 11 is 0. The van der Waals surface area contributed by atoms with E-state index in [2.05, 4.69) is 12.2 Å². The van der Waals surface area contributed by atoms with E-state index in [1.165, 1.54) is 0 Å². The zero-order valence-corrected chi connectivity index (χ0v) is 12.9. The summed E-state index contributed by atoms with van der Waals surface area (Å²) in [5.74, 6) is -0.279. The lowest BCUT2D eigenvalue weighted by Crippen LogP contribution is -2.41. The lowest BCUT2D eigenvalue weighted by Gasteiger charge is -2.28. The minimum Gasteiger partial charge on any atom is -0.461 e. The summed E-state index contributed by atoms with van der Waals surface area (Å²) in [4.78, 5) is 12.0. The summed E-state index contributed by atoms with van der Waals surface area (Å²) in [6.45, 7) is 5.80. The molecule has 3 atom stereocenters. The van der Waals surface area contributed by atoms with Crippen molar-refractivity contribution in [3.8, 4) is 0 Å². The molecule has 1 fully saturated rings. The molecule has 0 radical (unpaired) electrons. The number of carbonyl (C=O) groups is 1.